The van der Waals surface area contributed by atoms with Crippen LogP contribution in [0.5, 0.6) is 0 Å². The summed E-state index contributed by atoms with van der Waals surface area (Å²) in [5.74, 6) is -13.9. The van der Waals surface area contributed by atoms with E-state index in [1.54, 1.807) is 0 Å². The van der Waals surface area contributed by atoms with Crippen molar-refractivity contribution >= 4 is 23.1 Å². The molecule has 0 aromatic heterocycles. The molecular formula is C13H6F8N2O2. The van der Waals surface area contributed by atoms with Gasteiger partial charge < -0.3 is 0 Å². The van der Waals surface area contributed by atoms with Crippen LogP contribution in [0, 0.1) is 29.2 Å². The smallest absolute Gasteiger partial charge is 0.293 e. The summed E-state index contributed by atoms with van der Waals surface area (Å²) >= 11 is 0. The van der Waals surface area contributed by atoms with Gasteiger partial charge in [-0.3, -0.25) is 9.59 Å². The Balaban J connectivity index is 2.52. The van der Waals surface area contributed by atoms with E-state index in [-0.39, 0.29) is 6.07 Å². The van der Waals surface area contributed by atoms with Gasteiger partial charge in [0.2, 0.25) is 0 Å². The lowest BCUT2D eigenvalue weighted by Crippen LogP contribution is -2.33. The molecule has 136 valence electrons. The van der Waals surface area contributed by atoms with Crippen LogP contribution in [0.1, 0.15) is 6.42 Å². The Morgan fingerprint density at radius 2 is 1.60 bits per heavy atom. The molecule has 0 saturated carbocycles. The highest BCUT2D eigenvalue weighted by Crippen LogP contribution is 2.34. The summed E-state index contributed by atoms with van der Waals surface area (Å²) in [7, 11) is 0. The molecule has 1 aliphatic heterocycles. The Hall–Kier alpha value is -2.53. The lowest BCUT2D eigenvalue weighted by molar-refractivity contribution is -0.132. The summed E-state index contributed by atoms with van der Waals surface area (Å²) in [6.07, 6.45) is -8.55. The van der Waals surface area contributed by atoms with E-state index in [1.165, 1.54) is 0 Å². The van der Waals surface area contributed by atoms with E-state index in [0.29, 0.717) is 0 Å². The first-order valence-electron chi connectivity index (χ1n) is 6.40. The first-order chi connectivity index (χ1) is 11.6. The van der Waals surface area contributed by atoms with Gasteiger partial charge in [0.05, 0.1) is 5.92 Å². The van der Waals surface area contributed by atoms with E-state index < -0.39 is 76.6 Å². The fraction of sp³-hybridized carbons (Fsp3) is 0.308. The van der Waals surface area contributed by atoms with Gasteiger partial charge in [-0.2, -0.15) is 10.1 Å². The van der Waals surface area contributed by atoms with Gasteiger partial charge in [0.1, 0.15) is 11.4 Å². The van der Waals surface area contributed by atoms with E-state index in [2.05, 4.69) is 5.10 Å². The minimum absolute atomic E-state index is 0.190. The van der Waals surface area contributed by atoms with E-state index in [4.69, 9.17) is 0 Å². The number of hydrogen-bond acceptors (Lipinski definition) is 3. The molecule has 0 saturated heterocycles. The molecule has 1 aliphatic rings. The monoisotopic (exact) mass is 374 g/mol. The fourth-order valence-corrected chi connectivity index (χ4v) is 2.09. The van der Waals surface area contributed by atoms with Crippen molar-refractivity contribution in [3.8, 4) is 0 Å². The number of halogens is 8. The Morgan fingerprint density at radius 3 is 2.04 bits per heavy atom. The van der Waals surface area contributed by atoms with Gasteiger partial charge in [0, 0.05) is 12.5 Å². The summed E-state index contributed by atoms with van der Waals surface area (Å²) in [4.78, 5) is 23.0. The summed E-state index contributed by atoms with van der Waals surface area (Å²) < 4.78 is 104. The second-order valence-corrected chi connectivity index (χ2v) is 4.82. The molecule has 1 heterocycles. The zero-order chi connectivity index (χ0) is 19.0. The Bertz CT molecular complexity index is 739. The van der Waals surface area contributed by atoms with E-state index in [9.17, 15) is 44.7 Å². The highest BCUT2D eigenvalue weighted by atomic mass is 19.3. The molecule has 1 aromatic rings. The summed E-state index contributed by atoms with van der Waals surface area (Å²) in [5.41, 5.74) is -3.16. The van der Waals surface area contributed by atoms with Crippen LogP contribution >= 0.6 is 0 Å². The maximum atomic E-state index is 13.7. The molecule has 0 bridgehead atoms. The number of anilines is 1. The van der Waals surface area contributed by atoms with Crippen LogP contribution in [-0.4, -0.2) is 30.3 Å². The molecule has 1 aromatic carbocycles. The largest absolute Gasteiger partial charge is 0.296 e. The predicted molar refractivity (Wildman–Crippen MR) is 66.3 cm³/mol. The molecule has 0 radical (unpaired) electrons. The average Bonchev–Trinajstić information content (AvgIpc) is 2.83. The first kappa shape index (κ1) is 18.8. The number of carbonyl (C=O) groups excluding carboxylic acids is 2. The number of Topliss-reactive ketones (excluding diaryl/α,β-unsaturated/α-hetero) is 1. The van der Waals surface area contributed by atoms with E-state index in [1.807, 2.05) is 0 Å². The van der Waals surface area contributed by atoms with Gasteiger partial charge in [-0.05, 0) is 0 Å². The Labute approximate surface area is 133 Å². The zero-order valence-corrected chi connectivity index (χ0v) is 11.8. The Morgan fingerprint density at radius 1 is 1.08 bits per heavy atom. The topological polar surface area (TPSA) is 49.7 Å². The number of hydrogen-bond donors (Lipinski definition) is 0. The first-order valence-corrected chi connectivity index (χ1v) is 6.40. The molecule has 0 aliphatic carbocycles. The van der Waals surface area contributed by atoms with Crippen LogP contribution in [0.3, 0.4) is 0 Å². The molecule has 1 amide bonds. The molecule has 12 heteroatoms. The molecule has 25 heavy (non-hydrogen) atoms. The van der Waals surface area contributed by atoms with Crippen molar-refractivity contribution in [3.63, 3.8) is 0 Å². The molecule has 1 unspecified atom stereocenters. The van der Waals surface area contributed by atoms with Crippen molar-refractivity contribution in [1.82, 2.24) is 0 Å². The van der Waals surface area contributed by atoms with Gasteiger partial charge in [-0.25, -0.2) is 35.1 Å². The van der Waals surface area contributed by atoms with Crippen LogP contribution < -0.4 is 5.01 Å². The van der Waals surface area contributed by atoms with Crippen molar-refractivity contribution in [2.75, 3.05) is 5.01 Å². The number of ketones is 1. The van der Waals surface area contributed by atoms with Crippen molar-refractivity contribution in [3.05, 3.63) is 29.3 Å². The van der Waals surface area contributed by atoms with Crippen LogP contribution in [-0.2, 0) is 9.59 Å². The number of nitrogens with zero attached hydrogens (tertiary/aromatic N) is 2. The summed E-state index contributed by atoms with van der Waals surface area (Å²) in [5, 5.41) is 2.48. The summed E-state index contributed by atoms with van der Waals surface area (Å²) in [6.45, 7) is 0. The predicted octanol–water partition coefficient (Wildman–Crippen LogP) is 3.05. The lowest BCUT2D eigenvalue weighted by Gasteiger charge is -2.16. The number of alkyl halides is 4. The molecule has 4 nitrogen and oxygen atoms in total. The number of hydrazone groups is 1. The van der Waals surface area contributed by atoms with Crippen LogP contribution in [0.4, 0.5) is 40.8 Å². The minimum Gasteiger partial charge on any atom is -0.293 e. The third kappa shape index (κ3) is 3.33. The quantitative estimate of drug-likeness (QED) is 0.588. The Kier molecular flexibility index (Phi) is 5.09. The van der Waals surface area contributed by atoms with Crippen LogP contribution in [0.25, 0.3) is 0 Å². The molecule has 1 atom stereocenters. The number of rotatable bonds is 5. The second-order valence-electron chi connectivity index (χ2n) is 4.82. The van der Waals surface area contributed by atoms with Gasteiger partial charge in [-0.1, -0.05) is 0 Å². The number of carbonyl (C=O) groups is 2. The third-order valence-electron chi connectivity index (χ3n) is 3.25. The maximum absolute atomic E-state index is 13.7. The molecule has 0 N–H and O–H groups in total. The van der Waals surface area contributed by atoms with E-state index >= 15 is 0 Å². The van der Waals surface area contributed by atoms with E-state index in [0.717, 1.165) is 0 Å². The molecule has 0 spiro atoms. The minimum atomic E-state index is -3.58. The number of amides is 1. The van der Waals surface area contributed by atoms with Crippen molar-refractivity contribution in [2.24, 2.45) is 11.0 Å². The number of benzene rings is 1. The zero-order valence-electron chi connectivity index (χ0n) is 11.8. The van der Waals surface area contributed by atoms with Crippen LogP contribution in [0.15, 0.2) is 11.2 Å². The molecular weight excluding hydrogens is 368 g/mol. The maximum Gasteiger partial charge on any atom is 0.296 e. The lowest BCUT2D eigenvalue weighted by atomic mass is 9.97. The standard InChI is InChI=1S/C13H6F8N2O2/c14-4-2-5(15)8(17)10(7(4)16)23-13(25)3(1-6(24)11(18)19)9(22-23)12(20)21/h2-3,11-12H,1H2. The highest BCUT2D eigenvalue weighted by Gasteiger charge is 2.45. The normalized spacial score (nSPS) is 17.7. The van der Waals surface area contributed by atoms with Gasteiger partial charge in [-0.15, -0.1) is 0 Å². The van der Waals surface area contributed by atoms with Crippen molar-refractivity contribution in [1.29, 1.82) is 0 Å². The van der Waals surface area contributed by atoms with Gasteiger partial charge in [0.15, 0.2) is 29.1 Å². The van der Waals surface area contributed by atoms with Crippen molar-refractivity contribution < 1.29 is 44.7 Å². The van der Waals surface area contributed by atoms with Gasteiger partial charge in [0.25, 0.3) is 18.8 Å². The van der Waals surface area contributed by atoms with Crippen molar-refractivity contribution in [2.45, 2.75) is 19.3 Å². The molecule has 2 rings (SSSR count). The highest BCUT2D eigenvalue weighted by molar-refractivity contribution is 6.18. The van der Waals surface area contributed by atoms with Crippen LogP contribution in [0.2, 0.25) is 0 Å². The van der Waals surface area contributed by atoms with Gasteiger partial charge >= 0.3 is 0 Å². The third-order valence-corrected chi connectivity index (χ3v) is 3.25. The fourth-order valence-electron chi connectivity index (χ4n) is 2.09. The molecule has 0 fully saturated rings. The summed E-state index contributed by atoms with van der Waals surface area (Å²) in [6, 6.07) is -0.190. The average molecular weight is 374 g/mol. The second kappa shape index (κ2) is 6.76. The SMILES string of the molecule is O=C(CC1C(=O)N(c2c(F)c(F)cc(F)c2F)N=C1C(F)F)C(F)F.